The molecule has 3 N–H and O–H groups in total. The third-order valence-electron chi connectivity index (χ3n) is 2.73. The number of benzene rings is 1. The van der Waals surface area contributed by atoms with Gasteiger partial charge in [0.05, 0.1) is 5.71 Å². The first kappa shape index (κ1) is 13.7. The molecule has 0 unspecified atom stereocenters. The summed E-state index contributed by atoms with van der Waals surface area (Å²) in [4.78, 5) is 13.9. The van der Waals surface area contributed by atoms with Crippen LogP contribution in [0.5, 0.6) is 5.75 Å². The molecule has 1 aromatic carbocycles. The van der Waals surface area contributed by atoms with Gasteiger partial charge in [0.15, 0.2) is 0 Å². The SMILES string of the molecule is C/C(=N\Nc1nnc(C)c(=O)[nH]1)c1cc(C)ccc1O. The van der Waals surface area contributed by atoms with Crippen molar-refractivity contribution >= 4 is 11.7 Å². The number of hydrogen-bond donors (Lipinski definition) is 3. The van der Waals surface area contributed by atoms with Gasteiger partial charge in [0, 0.05) is 5.56 Å². The van der Waals surface area contributed by atoms with Gasteiger partial charge in [0.1, 0.15) is 11.4 Å². The van der Waals surface area contributed by atoms with Crippen LogP contribution in [0.4, 0.5) is 5.95 Å². The molecule has 0 aliphatic heterocycles. The van der Waals surface area contributed by atoms with Crippen LogP contribution in [-0.2, 0) is 0 Å². The predicted molar refractivity (Wildman–Crippen MR) is 76.1 cm³/mol. The fourth-order valence-corrected chi connectivity index (χ4v) is 1.58. The summed E-state index contributed by atoms with van der Waals surface area (Å²) >= 11 is 0. The quantitative estimate of drug-likeness (QED) is 0.578. The molecule has 0 radical (unpaired) electrons. The number of aromatic amines is 1. The number of rotatable bonds is 3. The fraction of sp³-hybridized carbons (Fsp3) is 0.231. The molecule has 0 saturated heterocycles. The second kappa shape index (κ2) is 5.52. The summed E-state index contributed by atoms with van der Waals surface area (Å²) in [6.45, 7) is 5.22. The Balaban J connectivity index is 2.24. The second-order valence-corrected chi connectivity index (χ2v) is 4.42. The maximum absolute atomic E-state index is 11.4. The van der Waals surface area contributed by atoms with Crippen molar-refractivity contribution in [1.29, 1.82) is 0 Å². The van der Waals surface area contributed by atoms with Crippen molar-refractivity contribution in [3.05, 3.63) is 45.4 Å². The molecular weight excluding hydrogens is 258 g/mol. The van der Waals surface area contributed by atoms with Gasteiger partial charge in [-0.2, -0.15) is 5.10 Å². The predicted octanol–water partition coefficient (Wildman–Crippen LogP) is 1.32. The molecule has 0 fully saturated rings. The van der Waals surface area contributed by atoms with Gasteiger partial charge in [0.2, 0.25) is 5.95 Å². The summed E-state index contributed by atoms with van der Waals surface area (Å²) in [6.07, 6.45) is 0. The highest BCUT2D eigenvalue weighted by Gasteiger charge is 2.05. The molecular formula is C13H15N5O2. The lowest BCUT2D eigenvalue weighted by Crippen LogP contribution is -2.16. The van der Waals surface area contributed by atoms with Crippen LogP contribution >= 0.6 is 0 Å². The van der Waals surface area contributed by atoms with Crippen LogP contribution in [-0.4, -0.2) is 26.0 Å². The van der Waals surface area contributed by atoms with Gasteiger partial charge in [-0.05, 0) is 32.9 Å². The van der Waals surface area contributed by atoms with E-state index in [2.05, 4.69) is 25.7 Å². The van der Waals surface area contributed by atoms with E-state index in [9.17, 15) is 9.90 Å². The number of anilines is 1. The zero-order chi connectivity index (χ0) is 14.7. The summed E-state index contributed by atoms with van der Waals surface area (Å²) in [5, 5.41) is 21.3. The molecule has 0 aliphatic carbocycles. The van der Waals surface area contributed by atoms with E-state index in [4.69, 9.17) is 0 Å². The highest BCUT2D eigenvalue weighted by Crippen LogP contribution is 2.19. The van der Waals surface area contributed by atoms with Crippen molar-refractivity contribution in [1.82, 2.24) is 15.2 Å². The van der Waals surface area contributed by atoms with Crippen LogP contribution in [0.3, 0.4) is 0 Å². The van der Waals surface area contributed by atoms with E-state index in [1.54, 1.807) is 19.9 Å². The molecule has 2 aromatic rings. The zero-order valence-corrected chi connectivity index (χ0v) is 11.4. The lowest BCUT2D eigenvalue weighted by atomic mass is 10.1. The first-order valence-electron chi connectivity index (χ1n) is 6.01. The number of nitrogens with one attached hydrogen (secondary N) is 2. The van der Waals surface area contributed by atoms with Crippen LogP contribution in [0.15, 0.2) is 28.1 Å². The largest absolute Gasteiger partial charge is 0.507 e. The van der Waals surface area contributed by atoms with Gasteiger partial charge in [-0.3, -0.25) is 9.78 Å². The summed E-state index contributed by atoms with van der Waals surface area (Å²) < 4.78 is 0. The Hall–Kier alpha value is -2.70. The fourth-order valence-electron chi connectivity index (χ4n) is 1.58. The molecule has 1 heterocycles. The number of H-pyrrole nitrogens is 1. The average molecular weight is 273 g/mol. The van der Waals surface area contributed by atoms with Gasteiger partial charge in [-0.15, -0.1) is 10.2 Å². The molecule has 0 saturated carbocycles. The topological polar surface area (TPSA) is 103 Å². The Kier molecular flexibility index (Phi) is 3.79. The van der Waals surface area contributed by atoms with E-state index in [1.165, 1.54) is 0 Å². The van der Waals surface area contributed by atoms with Gasteiger partial charge in [-0.1, -0.05) is 11.6 Å². The molecule has 0 atom stereocenters. The van der Waals surface area contributed by atoms with Crippen LogP contribution in [0.1, 0.15) is 23.7 Å². The molecule has 104 valence electrons. The molecule has 0 amide bonds. The van der Waals surface area contributed by atoms with Crippen LogP contribution < -0.4 is 11.0 Å². The maximum Gasteiger partial charge on any atom is 0.274 e. The highest BCUT2D eigenvalue weighted by atomic mass is 16.3. The third-order valence-corrected chi connectivity index (χ3v) is 2.73. The molecule has 0 aliphatic rings. The zero-order valence-electron chi connectivity index (χ0n) is 11.4. The summed E-state index contributed by atoms with van der Waals surface area (Å²) in [6, 6.07) is 5.24. The standard InChI is InChI=1S/C13H15N5O2/c1-7-4-5-11(19)10(6-7)8(2)15-17-13-14-12(20)9(3)16-18-13/h4-6,19H,1-3H3,(H2,14,17,18,20)/b15-8+. The molecule has 1 aromatic heterocycles. The van der Waals surface area contributed by atoms with Crippen molar-refractivity contribution in [2.45, 2.75) is 20.8 Å². The Labute approximate surface area is 115 Å². The van der Waals surface area contributed by atoms with Crippen LogP contribution in [0, 0.1) is 13.8 Å². The summed E-state index contributed by atoms with van der Waals surface area (Å²) in [7, 11) is 0. The van der Waals surface area contributed by atoms with Crippen molar-refractivity contribution in [3.63, 3.8) is 0 Å². The van der Waals surface area contributed by atoms with Gasteiger partial charge in [-0.25, -0.2) is 5.43 Å². The molecule has 0 bridgehead atoms. The number of aromatic nitrogens is 3. The number of nitrogens with zero attached hydrogens (tertiary/aromatic N) is 3. The van der Waals surface area contributed by atoms with E-state index in [-0.39, 0.29) is 23.0 Å². The molecule has 2 rings (SSSR count). The summed E-state index contributed by atoms with van der Waals surface area (Å²) in [5.74, 6) is 0.286. The minimum Gasteiger partial charge on any atom is -0.507 e. The highest BCUT2D eigenvalue weighted by molar-refractivity contribution is 6.01. The average Bonchev–Trinajstić information content (AvgIpc) is 2.42. The minimum absolute atomic E-state index is 0.141. The Bertz CT molecular complexity index is 721. The Morgan fingerprint density at radius 3 is 2.80 bits per heavy atom. The lowest BCUT2D eigenvalue weighted by Gasteiger charge is -2.06. The van der Waals surface area contributed by atoms with Crippen molar-refractivity contribution in [2.75, 3.05) is 5.43 Å². The smallest absolute Gasteiger partial charge is 0.274 e. The van der Waals surface area contributed by atoms with E-state index in [1.807, 2.05) is 19.1 Å². The first-order valence-corrected chi connectivity index (χ1v) is 6.01. The lowest BCUT2D eigenvalue weighted by molar-refractivity contribution is 0.474. The monoisotopic (exact) mass is 273 g/mol. The van der Waals surface area contributed by atoms with E-state index in [0.29, 0.717) is 11.3 Å². The number of phenols is 1. The van der Waals surface area contributed by atoms with Gasteiger partial charge >= 0.3 is 0 Å². The third kappa shape index (κ3) is 3.00. The molecule has 7 heteroatoms. The molecule has 20 heavy (non-hydrogen) atoms. The van der Waals surface area contributed by atoms with Crippen LogP contribution in [0.2, 0.25) is 0 Å². The summed E-state index contributed by atoms with van der Waals surface area (Å²) in [5.41, 5.74) is 4.75. The first-order chi connectivity index (χ1) is 9.47. The Morgan fingerprint density at radius 1 is 1.35 bits per heavy atom. The molecule has 7 nitrogen and oxygen atoms in total. The normalized spacial score (nSPS) is 11.4. The number of phenolic OH excluding ortho intramolecular Hbond substituents is 1. The number of hydrazone groups is 1. The maximum atomic E-state index is 11.4. The number of aryl methyl sites for hydroxylation is 2. The Morgan fingerprint density at radius 2 is 2.10 bits per heavy atom. The van der Waals surface area contributed by atoms with Crippen molar-refractivity contribution in [3.8, 4) is 5.75 Å². The second-order valence-electron chi connectivity index (χ2n) is 4.42. The minimum atomic E-state index is -0.325. The van der Waals surface area contributed by atoms with Gasteiger partial charge < -0.3 is 5.11 Å². The van der Waals surface area contributed by atoms with Crippen molar-refractivity contribution in [2.24, 2.45) is 5.10 Å². The van der Waals surface area contributed by atoms with E-state index in [0.717, 1.165) is 5.56 Å². The van der Waals surface area contributed by atoms with Gasteiger partial charge in [0.25, 0.3) is 5.56 Å². The number of hydrogen-bond acceptors (Lipinski definition) is 6. The van der Waals surface area contributed by atoms with Crippen LogP contribution in [0.25, 0.3) is 0 Å². The van der Waals surface area contributed by atoms with Crippen molar-refractivity contribution < 1.29 is 5.11 Å². The van der Waals surface area contributed by atoms with E-state index < -0.39 is 0 Å². The van der Waals surface area contributed by atoms with E-state index >= 15 is 0 Å². The number of aromatic hydroxyl groups is 1. The molecule has 0 spiro atoms.